The van der Waals surface area contributed by atoms with Crippen molar-refractivity contribution in [3.05, 3.63) is 12.2 Å². The van der Waals surface area contributed by atoms with E-state index in [4.69, 9.17) is 4.74 Å². The summed E-state index contributed by atoms with van der Waals surface area (Å²) in [4.78, 5) is 0. The molecule has 0 heterocycles. The zero-order valence-electron chi connectivity index (χ0n) is 12.7. The summed E-state index contributed by atoms with van der Waals surface area (Å²) in [6, 6.07) is 0. The molecule has 19 heavy (non-hydrogen) atoms. The van der Waals surface area contributed by atoms with Gasteiger partial charge in [0.25, 0.3) is 5.92 Å². The molecule has 1 aliphatic carbocycles. The van der Waals surface area contributed by atoms with Crippen LogP contribution in [0.3, 0.4) is 0 Å². The fourth-order valence-electron chi connectivity index (χ4n) is 2.01. The van der Waals surface area contributed by atoms with Gasteiger partial charge in [-0.05, 0) is 57.4 Å². The lowest BCUT2D eigenvalue weighted by Gasteiger charge is -2.17. The first-order valence-electron chi connectivity index (χ1n) is 7.44. The molecule has 1 fully saturated rings. The molecule has 0 aromatic rings. The molecule has 1 saturated carbocycles. The summed E-state index contributed by atoms with van der Waals surface area (Å²) in [5.74, 6) is -3.30. The Balaban J connectivity index is 2.19. The van der Waals surface area contributed by atoms with Crippen LogP contribution in [-0.2, 0) is 4.74 Å². The number of hydrogen-bond acceptors (Lipinski definition) is 1. The molecule has 0 N–H and O–H groups in total. The first-order chi connectivity index (χ1) is 8.77. The van der Waals surface area contributed by atoms with E-state index in [1.807, 2.05) is 13.8 Å². The highest BCUT2D eigenvalue weighted by molar-refractivity contribution is 4.98. The summed E-state index contributed by atoms with van der Waals surface area (Å²) in [5, 5.41) is 0. The third kappa shape index (κ3) is 6.03. The SMILES string of the molecule is CC(C)OCC1(CCCC=CC(F)(F)C(C)C)CC1. The third-order valence-corrected chi connectivity index (χ3v) is 3.87. The third-order valence-electron chi connectivity index (χ3n) is 3.87. The summed E-state index contributed by atoms with van der Waals surface area (Å²) in [5.41, 5.74) is 0.360. The second-order valence-electron chi connectivity index (χ2n) is 6.48. The lowest BCUT2D eigenvalue weighted by atomic mass is 9.99. The van der Waals surface area contributed by atoms with Gasteiger partial charge in [0.05, 0.1) is 12.7 Å². The van der Waals surface area contributed by atoms with Crippen molar-refractivity contribution in [1.82, 2.24) is 0 Å². The molecule has 0 spiro atoms. The molecular weight excluding hydrogens is 246 g/mol. The number of ether oxygens (including phenoxy) is 1. The van der Waals surface area contributed by atoms with E-state index in [2.05, 4.69) is 0 Å². The van der Waals surface area contributed by atoms with Crippen molar-refractivity contribution in [3.63, 3.8) is 0 Å². The minimum absolute atomic E-state index is 0.280. The molecule has 1 aliphatic rings. The summed E-state index contributed by atoms with van der Waals surface area (Å²) >= 11 is 0. The highest BCUT2D eigenvalue weighted by Crippen LogP contribution is 2.50. The summed E-state index contributed by atoms with van der Waals surface area (Å²) in [6.07, 6.45) is 8.26. The Morgan fingerprint density at radius 3 is 2.32 bits per heavy atom. The van der Waals surface area contributed by atoms with Gasteiger partial charge in [-0.25, -0.2) is 8.78 Å². The Hall–Kier alpha value is -0.440. The van der Waals surface area contributed by atoms with Crippen molar-refractivity contribution >= 4 is 0 Å². The van der Waals surface area contributed by atoms with E-state index >= 15 is 0 Å². The molecular formula is C16H28F2O. The van der Waals surface area contributed by atoms with Gasteiger partial charge in [-0.3, -0.25) is 0 Å². The van der Waals surface area contributed by atoms with Crippen LogP contribution in [-0.4, -0.2) is 18.6 Å². The number of allylic oxidation sites excluding steroid dienone is 2. The quantitative estimate of drug-likeness (QED) is 0.414. The van der Waals surface area contributed by atoms with Gasteiger partial charge in [0.2, 0.25) is 0 Å². The van der Waals surface area contributed by atoms with E-state index in [9.17, 15) is 8.78 Å². The van der Waals surface area contributed by atoms with Crippen LogP contribution in [0.1, 0.15) is 59.8 Å². The molecule has 0 aromatic carbocycles. The van der Waals surface area contributed by atoms with E-state index < -0.39 is 11.8 Å². The lowest BCUT2D eigenvalue weighted by Crippen LogP contribution is -2.20. The average Bonchev–Trinajstić information content (AvgIpc) is 3.06. The van der Waals surface area contributed by atoms with Gasteiger partial charge >= 0.3 is 0 Å². The molecule has 0 bridgehead atoms. The number of halogens is 2. The number of alkyl halides is 2. The van der Waals surface area contributed by atoms with Gasteiger partial charge in [-0.2, -0.15) is 0 Å². The number of unbranched alkanes of at least 4 members (excludes halogenated alkanes) is 1. The minimum Gasteiger partial charge on any atom is -0.378 e. The largest absolute Gasteiger partial charge is 0.378 e. The molecule has 0 saturated heterocycles. The molecule has 0 amide bonds. The Labute approximate surface area is 116 Å². The van der Waals surface area contributed by atoms with Crippen molar-refractivity contribution in [1.29, 1.82) is 0 Å². The Morgan fingerprint density at radius 1 is 1.21 bits per heavy atom. The first-order valence-corrected chi connectivity index (χ1v) is 7.44. The standard InChI is InChI=1S/C16H28F2O/c1-13(2)16(17,18)9-7-5-6-8-15(10-11-15)12-19-14(3)4/h7,9,13-14H,5-6,8,10-12H2,1-4H3. The fourth-order valence-corrected chi connectivity index (χ4v) is 2.01. The van der Waals surface area contributed by atoms with Gasteiger partial charge in [0.15, 0.2) is 0 Å². The van der Waals surface area contributed by atoms with Crippen LogP contribution < -0.4 is 0 Å². The van der Waals surface area contributed by atoms with Crippen LogP contribution in [0.25, 0.3) is 0 Å². The number of rotatable bonds is 9. The molecule has 1 nitrogen and oxygen atoms in total. The van der Waals surface area contributed by atoms with Crippen molar-refractivity contribution in [2.24, 2.45) is 11.3 Å². The summed E-state index contributed by atoms with van der Waals surface area (Å²) in [6.45, 7) is 8.02. The molecule has 3 heteroatoms. The highest BCUT2D eigenvalue weighted by atomic mass is 19.3. The summed E-state index contributed by atoms with van der Waals surface area (Å²) < 4.78 is 32.3. The van der Waals surface area contributed by atoms with Crippen molar-refractivity contribution in [2.75, 3.05) is 6.61 Å². The maximum Gasteiger partial charge on any atom is 0.268 e. The molecule has 112 valence electrons. The molecule has 0 unspecified atom stereocenters. The van der Waals surface area contributed by atoms with Crippen molar-refractivity contribution in [2.45, 2.75) is 71.8 Å². The maximum absolute atomic E-state index is 13.3. The Kier molecular flexibility index (Phi) is 5.97. The molecule has 0 atom stereocenters. The zero-order valence-corrected chi connectivity index (χ0v) is 12.7. The van der Waals surface area contributed by atoms with E-state index in [0.29, 0.717) is 5.41 Å². The second-order valence-corrected chi connectivity index (χ2v) is 6.48. The van der Waals surface area contributed by atoms with E-state index in [1.54, 1.807) is 19.9 Å². The predicted octanol–water partition coefficient (Wildman–Crippen LogP) is 5.21. The van der Waals surface area contributed by atoms with Crippen LogP contribution in [0.15, 0.2) is 12.2 Å². The predicted molar refractivity (Wildman–Crippen MR) is 75.5 cm³/mol. The Morgan fingerprint density at radius 2 is 1.84 bits per heavy atom. The van der Waals surface area contributed by atoms with E-state index in [1.165, 1.54) is 12.8 Å². The molecule has 0 aromatic heterocycles. The smallest absolute Gasteiger partial charge is 0.268 e. The Bertz CT molecular complexity index is 291. The van der Waals surface area contributed by atoms with Gasteiger partial charge in [-0.1, -0.05) is 19.9 Å². The summed E-state index contributed by atoms with van der Waals surface area (Å²) in [7, 11) is 0. The van der Waals surface area contributed by atoms with Gasteiger partial charge in [0, 0.05) is 5.92 Å². The van der Waals surface area contributed by atoms with E-state index in [0.717, 1.165) is 31.9 Å². The topological polar surface area (TPSA) is 9.23 Å². The van der Waals surface area contributed by atoms with Crippen molar-refractivity contribution in [3.8, 4) is 0 Å². The van der Waals surface area contributed by atoms with Crippen LogP contribution in [0.4, 0.5) is 8.78 Å². The van der Waals surface area contributed by atoms with Crippen LogP contribution in [0.5, 0.6) is 0 Å². The lowest BCUT2D eigenvalue weighted by molar-refractivity contribution is 0.00597. The van der Waals surface area contributed by atoms with E-state index in [-0.39, 0.29) is 6.10 Å². The van der Waals surface area contributed by atoms with Gasteiger partial charge in [-0.15, -0.1) is 0 Å². The normalized spacial score (nSPS) is 18.7. The van der Waals surface area contributed by atoms with Crippen LogP contribution in [0.2, 0.25) is 0 Å². The monoisotopic (exact) mass is 274 g/mol. The minimum atomic E-state index is -2.67. The van der Waals surface area contributed by atoms with Crippen LogP contribution >= 0.6 is 0 Å². The highest BCUT2D eigenvalue weighted by Gasteiger charge is 2.42. The first kappa shape index (κ1) is 16.6. The number of hydrogen-bond donors (Lipinski definition) is 0. The zero-order chi connectivity index (χ0) is 14.5. The second kappa shape index (κ2) is 6.83. The fraction of sp³-hybridized carbons (Fsp3) is 0.875. The average molecular weight is 274 g/mol. The molecule has 0 aliphatic heterocycles. The van der Waals surface area contributed by atoms with Gasteiger partial charge in [0.1, 0.15) is 0 Å². The molecule has 0 radical (unpaired) electrons. The maximum atomic E-state index is 13.3. The van der Waals surface area contributed by atoms with Crippen LogP contribution in [0, 0.1) is 11.3 Å². The molecule has 1 rings (SSSR count). The van der Waals surface area contributed by atoms with Crippen molar-refractivity contribution < 1.29 is 13.5 Å². The van der Waals surface area contributed by atoms with Gasteiger partial charge < -0.3 is 4.74 Å².